The molecule has 0 aliphatic carbocycles. The molecule has 1 aromatic carbocycles. The molecule has 4 nitrogen and oxygen atoms in total. The molecule has 0 aliphatic rings. The SMILES string of the molecule is CC(C)(Cn1ccc2cccc(CN)c21)C(=O)O. The van der Waals surface area contributed by atoms with Gasteiger partial charge in [-0.05, 0) is 30.9 Å². The maximum absolute atomic E-state index is 11.2. The van der Waals surface area contributed by atoms with Gasteiger partial charge in [0.05, 0.1) is 10.9 Å². The van der Waals surface area contributed by atoms with E-state index in [-0.39, 0.29) is 0 Å². The van der Waals surface area contributed by atoms with Gasteiger partial charge in [-0.25, -0.2) is 0 Å². The highest BCUT2D eigenvalue weighted by atomic mass is 16.4. The standard InChI is InChI=1S/C14H18N2O2/c1-14(2,13(17)18)9-16-7-6-10-4-3-5-11(8-15)12(10)16/h3-7H,8-9,15H2,1-2H3,(H,17,18). The summed E-state index contributed by atoms with van der Waals surface area (Å²) in [5.74, 6) is -0.797. The molecule has 0 bridgehead atoms. The van der Waals surface area contributed by atoms with Crippen LogP contribution in [0, 0.1) is 5.41 Å². The number of carbonyl (C=O) groups is 1. The third-order valence-corrected chi connectivity index (χ3v) is 3.24. The van der Waals surface area contributed by atoms with E-state index in [0.717, 1.165) is 16.5 Å². The highest BCUT2D eigenvalue weighted by Crippen LogP contribution is 2.25. The van der Waals surface area contributed by atoms with Crippen LogP contribution < -0.4 is 5.73 Å². The largest absolute Gasteiger partial charge is 0.481 e. The zero-order valence-electron chi connectivity index (χ0n) is 10.7. The van der Waals surface area contributed by atoms with E-state index in [1.54, 1.807) is 13.8 Å². The van der Waals surface area contributed by atoms with Gasteiger partial charge in [-0.15, -0.1) is 0 Å². The molecular weight excluding hydrogens is 228 g/mol. The van der Waals surface area contributed by atoms with E-state index in [1.807, 2.05) is 35.0 Å². The molecule has 1 aromatic heterocycles. The molecule has 0 radical (unpaired) electrons. The number of rotatable bonds is 4. The molecule has 4 heteroatoms. The van der Waals surface area contributed by atoms with Gasteiger partial charge in [0.1, 0.15) is 0 Å². The summed E-state index contributed by atoms with van der Waals surface area (Å²) in [5, 5.41) is 10.3. The smallest absolute Gasteiger partial charge is 0.310 e. The normalized spacial score (nSPS) is 11.9. The van der Waals surface area contributed by atoms with Gasteiger partial charge in [0, 0.05) is 19.3 Å². The summed E-state index contributed by atoms with van der Waals surface area (Å²) in [5.41, 5.74) is 7.02. The molecule has 0 saturated heterocycles. The van der Waals surface area contributed by atoms with Crippen LogP contribution in [0.4, 0.5) is 0 Å². The Bertz CT molecular complexity index is 584. The summed E-state index contributed by atoms with van der Waals surface area (Å²) in [6.07, 6.45) is 1.93. The topological polar surface area (TPSA) is 68.2 Å². The first-order valence-corrected chi connectivity index (χ1v) is 5.96. The Kier molecular flexibility index (Phi) is 3.13. The Morgan fingerprint density at radius 2 is 2.11 bits per heavy atom. The summed E-state index contributed by atoms with van der Waals surface area (Å²) >= 11 is 0. The lowest BCUT2D eigenvalue weighted by Crippen LogP contribution is -2.29. The first kappa shape index (κ1) is 12.6. The maximum atomic E-state index is 11.2. The number of nitrogens with two attached hydrogens (primary N) is 1. The van der Waals surface area contributed by atoms with Crippen LogP contribution in [-0.2, 0) is 17.9 Å². The molecule has 96 valence electrons. The van der Waals surface area contributed by atoms with Gasteiger partial charge in [-0.3, -0.25) is 4.79 Å². The predicted octanol–water partition coefficient (Wildman–Crippen LogP) is 2.21. The molecule has 2 aromatic rings. The van der Waals surface area contributed by atoms with Crippen LogP contribution in [0.15, 0.2) is 30.5 Å². The monoisotopic (exact) mass is 246 g/mol. The average Bonchev–Trinajstić information content (AvgIpc) is 2.71. The number of carboxylic acids is 1. The number of carboxylic acid groups (broad SMARTS) is 1. The van der Waals surface area contributed by atoms with Crippen molar-refractivity contribution in [3.8, 4) is 0 Å². The van der Waals surface area contributed by atoms with Gasteiger partial charge >= 0.3 is 5.97 Å². The van der Waals surface area contributed by atoms with E-state index in [0.29, 0.717) is 13.1 Å². The molecule has 2 rings (SSSR count). The predicted molar refractivity (Wildman–Crippen MR) is 71.2 cm³/mol. The third-order valence-electron chi connectivity index (χ3n) is 3.24. The van der Waals surface area contributed by atoms with Crippen molar-refractivity contribution in [1.82, 2.24) is 4.57 Å². The number of para-hydroxylation sites is 1. The summed E-state index contributed by atoms with van der Waals surface area (Å²) in [7, 11) is 0. The lowest BCUT2D eigenvalue weighted by Gasteiger charge is -2.21. The second-order valence-corrected chi connectivity index (χ2v) is 5.19. The molecule has 0 unspecified atom stereocenters. The highest BCUT2D eigenvalue weighted by molar-refractivity contribution is 5.83. The Hall–Kier alpha value is -1.81. The maximum Gasteiger partial charge on any atom is 0.310 e. The van der Waals surface area contributed by atoms with Crippen LogP contribution in [0.1, 0.15) is 19.4 Å². The number of aliphatic carboxylic acids is 1. The van der Waals surface area contributed by atoms with Gasteiger partial charge in [-0.2, -0.15) is 0 Å². The molecule has 1 heterocycles. The van der Waals surface area contributed by atoms with Crippen LogP contribution in [0.2, 0.25) is 0 Å². The Balaban J connectivity index is 2.49. The number of benzene rings is 1. The third kappa shape index (κ3) is 2.11. The second kappa shape index (κ2) is 4.46. The molecule has 0 saturated carbocycles. The zero-order valence-corrected chi connectivity index (χ0v) is 10.7. The number of aromatic nitrogens is 1. The van der Waals surface area contributed by atoms with E-state index in [4.69, 9.17) is 5.73 Å². The fraction of sp³-hybridized carbons (Fsp3) is 0.357. The van der Waals surface area contributed by atoms with Crippen LogP contribution in [0.25, 0.3) is 10.9 Å². The summed E-state index contributed by atoms with van der Waals surface area (Å²) in [4.78, 5) is 11.2. The Labute approximate surface area is 106 Å². The Morgan fingerprint density at radius 1 is 1.39 bits per heavy atom. The second-order valence-electron chi connectivity index (χ2n) is 5.19. The van der Waals surface area contributed by atoms with Crippen molar-refractivity contribution in [3.05, 3.63) is 36.0 Å². The zero-order chi connectivity index (χ0) is 13.3. The minimum Gasteiger partial charge on any atom is -0.481 e. The first-order valence-electron chi connectivity index (χ1n) is 5.96. The van der Waals surface area contributed by atoms with Gasteiger partial charge < -0.3 is 15.4 Å². The van der Waals surface area contributed by atoms with E-state index < -0.39 is 11.4 Å². The lowest BCUT2D eigenvalue weighted by atomic mass is 9.93. The minimum atomic E-state index is -0.798. The van der Waals surface area contributed by atoms with E-state index in [1.165, 1.54) is 0 Å². The first-order chi connectivity index (χ1) is 8.45. The van der Waals surface area contributed by atoms with Crippen molar-refractivity contribution in [1.29, 1.82) is 0 Å². The lowest BCUT2D eigenvalue weighted by molar-refractivity contribution is -0.147. The summed E-state index contributed by atoms with van der Waals surface area (Å²) < 4.78 is 1.98. The molecule has 0 spiro atoms. The van der Waals surface area contributed by atoms with Gasteiger partial charge in [0.15, 0.2) is 0 Å². The molecule has 3 N–H and O–H groups in total. The number of hydrogen-bond acceptors (Lipinski definition) is 2. The number of fused-ring (bicyclic) bond motifs is 1. The minimum absolute atomic E-state index is 0.433. The number of nitrogens with zero attached hydrogens (tertiary/aromatic N) is 1. The molecule has 0 atom stereocenters. The van der Waals surface area contributed by atoms with Gasteiger partial charge in [-0.1, -0.05) is 18.2 Å². The van der Waals surface area contributed by atoms with Crippen LogP contribution in [0.3, 0.4) is 0 Å². The molecule has 0 fully saturated rings. The van der Waals surface area contributed by atoms with E-state index >= 15 is 0 Å². The molecule has 0 aliphatic heterocycles. The fourth-order valence-corrected chi connectivity index (χ4v) is 2.13. The molecule has 18 heavy (non-hydrogen) atoms. The fourth-order valence-electron chi connectivity index (χ4n) is 2.13. The van der Waals surface area contributed by atoms with Gasteiger partial charge in [0.25, 0.3) is 0 Å². The Morgan fingerprint density at radius 3 is 2.72 bits per heavy atom. The van der Waals surface area contributed by atoms with Crippen molar-refractivity contribution in [3.63, 3.8) is 0 Å². The van der Waals surface area contributed by atoms with Crippen molar-refractivity contribution >= 4 is 16.9 Å². The van der Waals surface area contributed by atoms with E-state index in [9.17, 15) is 9.90 Å². The van der Waals surface area contributed by atoms with Crippen molar-refractivity contribution in [2.45, 2.75) is 26.9 Å². The van der Waals surface area contributed by atoms with E-state index in [2.05, 4.69) is 0 Å². The van der Waals surface area contributed by atoms with Crippen LogP contribution >= 0.6 is 0 Å². The average molecular weight is 246 g/mol. The van der Waals surface area contributed by atoms with Crippen LogP contribution in [0.5, 0.6) is 0 Å². The van der Waals surface area contributed by atoms with Gasteiger partial charge in [0.2, 0.25) is 0 Å². The quantitative estimate of drug-likeness (QED) is 0.869. The molecular formula is C14H18N2O2. The van der Waals surface area contributed by atoms with Crippen LogP contribution in [-0.4, -0.2) is 15.6 Å². The van der Waals surface area contributed by atoms with Crippen molar-refractivity contribution < 1.29 is 9.90 Å². The number of hydrogen-bond donors (Lipinski definition) is 2. The molecule has 0 amide bonds. The summed E-state index contributed by atoms with van der Waals surface area (Å²) in [6, 6.07) is 7.95. The van der Waals surface area contributed by atoms with Crippen molar-refractivity contribution in [2.75, 3.05) is 0 Å². The summed E-state index contributed by atoms with van der Waals surface area (Å²) in [6.45, 7) is 4.34. The van der Waals surface area contributed by atoms with Crippen molar-refractivity contribution in [2.24, 2.45) is 11.1 Å². The highest BCUT2D eigenvalue weighted by Gasteiger charge is 2.28.